The topological polar surface area (TPSA) is 58.9 Å². The highest BCUT2D eigenvalue weighted by Gasteiger charge is 2.38. The smallest absolute Gasteiger partial charge is 0.177 e. The molecule has 0 amide bonds. The lowest BCUT2D eigenvalue weighted by atomic mass is 9.75. The fourth-order valence-corrected chi connectivity index (χ4v) is 7.37. The van der Waals surface area contributed by atoms with E-state index >= 15 is 0 Å². The Bertz CT molecular complexity index is 2090. The van der Waals surface area contributed by atoms with Crippen molar-refractivity contribution >= 4 is 10.8 Å². The summed E-state index contributed by atoms with van der Waals surface area (Å²) in [6, 6.07) is 44.4. The summed E-state index contributed by atoms with van der Waals surface area (Å²) in [6.45, 7) is 1.25. The van der Waals surface area contributed by atoms with Crippen LogP contribution in [0.1, 0.15) is 55.6 Å². The van der Waals surface area contributed by atoms with E-state index in [9.17, 15) is 10.2 Å². The molecule has 50 heavy (non-hydrogen) atoms. The molecule has 0 saturated carbocycles. The van der Waals surface area contributed by atoms with Crippen molar-refractivity contribution in [3.8, 4) is 23.7 Å². The predicted molar refractivity (Wildman–Crippen MR) is 196 cm³/mol. The summed E-state index contributed by atoms with van der Waals surface area (Å²) in [4.78, 5) is 0. The second-order valence-corrected chi connectivity index (χ2v) is 13.0. The highest BCUT2D eigenvalue weighted by atomic mass is 16.5. The van der Waals surface area contributed by atoms with Crippen LogP contribution in [0, 0.1) is 23.7 Å². The Labute approximate surface area is 293 Å². The van der Waals surface area contributed by atoms with Gasteiger partial charge in [0.15, 0.2) is 11.2 Å². The Kier molecular flexibility index (Phi) is 8.55. The molecule has 0 radical (unpaired) electrons. The van der Waals surface area contributed by atoms with Gasteiger partial charge < -0.3 is 19.7 Å². The lowest BCUT2D eigenvalue weighted by Crippen LogP contribution is -2.31. The first-order valence-electron chi connectivity index (χ1n) is 17.0. The van der Waals surface area contributed by atoms with Gasteiger partial charge in [0, 0.05) is 22.3 Å². The molecular weight excluding hydrogens is 617 g/mol. The number of hydrogen-bond acceptors (Lipinski definition) is 4. The van der Waals surface area contributed by atoms with Gasteiger partial charge in [0.2, 0.25) is 0 Å². The van der Waals surface area contributed by atoms with Crippen molar-refractivity contribution in [2.45, 2.75) is 37.3 Å². The Morgan fingerprint density at radius 3 is 1.16 bits per heavy atom. The minimum atomic E-state index is -1.36. The maximum absolute atomic E-state index is 11.8. The predicted octanol–water partition coefficient (Wildman–Crippen LogP) is 7.56. The van der Waals surface area contributed by atoms with E-state index in [4.69, 9.17) is 9.47 Å². The summed E-state index contributed by atoms with van der Waals surface area (Å²) in [7, 11) is 0. The van der Waals surface area contributed by atoms with E-state index in [0.29, 0.717) is 13.2 Å². The van der Waals surface area contributed by atoms with E-state index in [2.05, 4.69) is 84.3 Å². The lowest BCUT2D eigenvalue weighted by molar-refractivity contribution is 0.136. The molecule has 0 bridgehead atoms. The number of rotatable bonds is 6. The fraction of sp³-hybridized carbons (Fsp3) is 0.174. The molecule has 0 aliphatic heterocycles. The largest absolute Gasteiger partial charge is 0.369 e. The van der Waals surface area contributed by atoms with Gasteiger partial charge in [0.05, 0.1) is 13.2 Å². The van der Waals surface area contributed by atoms with Crippen molar-refractivity contribution in [2.24, 2.45) is 0 Å². The van der Waals surface area contributed by atoms with Crippen molar-refractivity contribution in [1.82, 2.24) is 0 Å². The van der Waals surface area contributed by atoms with Gasteiger partial charge in [-0.15, -0.1) is 0 Å². The highest BCUT2D eigenvalue weighted by Crippen LogP contribution is 2.40. The molecule has 2 aliphatic carbocycles. The van der Waals surface area contributed by atoms with Gasteiger partial charge in [-0.25, -0.2) is 0 Å². The molecule has 4 nitrogen and oxygen atoms in total. The molecule has 0 unspecified atom stereocenters. The molecule has 0 heterocycles. The van der Waals surface area contributed by atoms with Gasteiger partial charge in [-0.3, -0.25) is 0 Å². The molecule has 0 aromatic heterocycles. The average molecular weight is 653 g/mol. The van der Waals surface area contributed by atoms with Crippen LogP contribution in [0.5, 0.6) is 0 Å². The molecule has 8 rings (SSSR count). The lowest BCUT2D eigenvalue weighted by Gasteiger charge is -2.32. The molecular formula is C46H36O4. The van der Waals surface area contributed by atoms with Crippen molar-refractivity contribution in [1.29, 1.82) is 0 Å². The summed E-state index contributed by atoms with van der Waals surface area (Å²) < 4.78 is 11.9. The van der Waals surface area contributed by atoms with Crippen LogP contribution < -0.4 is 0 Å². The van der Waals surface area contributed by atoms with Gasteiger partial charge in [0.1, 0.15) is 13.2 Å². The Morgan fingerprint density at radius 1 is 0.460 bits per heavy atom. The number of fused-ring (bicyclic) bond motifs is 5. The molecule has 2 aliphatic rings. The third-order valence-electron chi connectivity index (χ3n) is 9.78. The van der Waals surface area contributed by atoms with Gasteiger partial charge in [0.25, 0.3) is 0 Å². The number of hydrogen-bond donors (Lipinski definition) is 2. The quantitative estimate of drug-likeness (QED) is 0.144. The van der Waals surface area contributed by atoms with Crippen LogP contribution in [0.4, 0.5) is 0 Å². The first-order chi connectivity index (χ1) is 24.5. The number of benzene rings is 6. The van der Waals surface area contributed by atoms with E-state index in [1.807, 2.05) is 72.8 Å². The molecule has 4 heteroatoms. The summed E-state index contributed by atoms with van der Waals surface area (Å²) in [5.74, 6) is 12.4. The molecule has 244 valence electrons. The van der Waals surface area contributed by atoms with Crippen molar-refractivity contribution < 1.29 is 19.7 Å². The fourth-order valence-electron chi connectivity index (χ4n) is 7.37. The standard InChI is InChI=1S/C46H36O4/c47-45(41-15-5-1-11-37(41)29-38-12-2-6-16-42(38)45)23-9-25-49-31-33-19-21-36-28-34(20-22-35(36)27-33)32-50-26-10-24-46(48)43-17-7-3-13-39(43)30-40-14-4-8-18-44(40)46/h1-8,11-22,27-28,47-48H,25-26,29-32H2. The second kappa shape index (κ2) is 13.4. The summed E-state index contributed by atoms with van der Waals surface area (Å²) >= 11 is 0. The van der Waals surface area contributed by atoms with Crippen LogP contribution in [0.15, 0.2) is 133 Å². The van der Waals surface area contributed by atoms with Gasteiger partial charge >= 0.3 is 0 Å². The van der Waals surface area contributed by atoms with Crippen LogP contribution in [-0.4, -0.2) is 23.4 Å². The molecule has 0 fully saturated rings. The first kappa shape index (κ1) is 31.8. The van der Waals surface area contributed by atoms with Crippen molar-refractivity contribution in [2.75, 3.05) is 13.2 Å². The van der Waals surface area contributed by atoms with Gasteiger partial charge in [-0.1, -0.05) is 145 Å². The van der Waals surface area contributed by atoms with Crippen LogP contribution in [0.25, 0.3) is 10.8 Å². The SMILES string of the molecule is OC1(C#CCOCc2ccc3cc(COCC#CC4(O)c5ccccc5Cc5ccccc54)ccc3c2)c2ccccc2Cc2ccccc21. The van der Waals surface area contributed by atoms with Crippen LogP contribution >= 0.6 is 0 Å². The molecule has 6 aromatic rings. The van der Waals surface area contributed by atoms with Crippen molar-refractivity contribution in [3.63, 3.8) is 0 Å². The molecule has 0 spiro atoms. The Morgan fingerprint density at radius 2 is 0.800 bits per heavy atom. The third-order valence-corrected chi connectivity index (χ3v) is 9.78. The normalized spacial score (nSPS) is 14.5. The Balaban J connectivity index is 0.882. The molecule has 0 saturated heterocycles. The van der Waals surface area contributed by atoms with Crippen LogP contribution in [0.3, 0.4) is 0 Å². The van der Waals surface area contributed by atoms with E-state index in [-0.39, 0.29) is 13.2 Å². The second-order valence-electron chi connectivity index (χ2n) is 13.0. The first-order valence-corrected chi connectivity index (χ1v) is 17.0. The van der Waals surface area contributed by atoms with Crippen LogP contribution in [0.2, 0.25) is 0 Å². The summed E-state index contributed by atoms with van der Waals surface area (Å²) in [5.41, 5.74) is 7.12. The van der Waals surface area contributed by atoms with E-state index in [0.717, 1.165) is 79.2 Å². The maximum Gasteiger partial charge on any atom is 0.177 e. The third kappa shape index (κ3) is 6.01. The zero-order chi connectivity index (χ0) is 34.0. The monoisotopic (exact) mass is 652 g/mol. The van der Waals surface area contributed by atoms with Gasteiger partial charge in [-0.05, 0) is 69.1 Å². The summed E-state index contributed by atoms with van der Waals surface area (Å²) in [6.07, 6.45) is 1.57. The number of aliphatic hydroxyl groups is 2. The average Bonchev–Trinajstić information content (AvgIpc) is 3.15. The number of ether oxygens (including phenoxy) is 2. The minimum absolute atomic E-state index is 0.209. The van der Waals surface area contributed by atoms with Gasteiger partial charge in [-0.2, -0.15) is 0 Å². The van der Waals surface area contributed by atoms with E-state index in [1.54, 1.807) is 0 Å². The van der Waals surface area contributed by atoms with Crippen LogP contribution in [-0.2, 0) is 46.7 Å². The molecule has 2 N–H and O–H groups in total. The van der Waals surface area contributed by atoms with Crippen molar-refractivity contribution in [3.05, 3.63) is 189 Å². The molecule has 6 aromatic carbocycles. The van der Waals surface area contributed by atoms with E-state index in [1.165, 1.54) is 0 Å². The Hall–Kier alpha value is -5.46. The molecule has 0 atom stereocenters. The maximum atomic E-state index is 11.8. The van der Waals surface area contributed by atoms with E-state index < -0.39 is 11.2 Å². The highest BCUT2D eigenvalue weighted by molar-refractivity contribution is 5.83. The zero-order valence-corrected chi connectivity index (χ0v) is 27.7. The summed E-state index contributed by atoms with van der Waals surface area (Å²) in [5, 5.41) is 25.8. The zero-order valence-electron chi connectivity index (χ0n) is 27.7. The minimum Gasteiger partial charge on any atom is -0.369 e.